The van der Waals surface area contributed by atoms with Gasteiger partial charge in [-0.1, -0.05) is 25.2 Å². The number of allylic oxidation sites excluding steroid dienone is 1. The Kier molecular flexibility index (Phi) is 6.03. The summed E-state index contributed by atoms with van der Waals surface area (Å²) < 4.78 is 73.7. The number of hydrogen-bond acceptors (Lipinski definition) is 1. The predicted molar refractivity (Wildman–Crippen MR) is 94.7 cm³/mol. The fraction of sp³-hybridized carbons (Fsp3) is 0.273. The Hall–Kier alpha value is -2.81. The third-order valence-electron chi connectivity index (χ3n) is 4.45. The maximum Gasteiger partial charge on any atom is 0.194 e. The Labute approximate surface area is 159 Å². The van der Waals surface area contributed by atoms with Crippen LogP contribution in [0.3, 0.4) is 0 Å². The monoisotopic (exact) mass is 392 g/mol. The normalized spacial score (nSPS) is 16.1. The second-order valence-electron chi connectivity index (χ2n) is 6.55. The molecule has 1 heterocycles. The van der Waals surface area contributed by atoms with Crippen molar-refractivity contribution < 1.29 is 26.7 Å². The summed E-state index contributed by atoms with van der Waals surface area (Å²) in [5.41, 5.74) is 0.752. The van der Waals surface area contributed by atoms with Gasteiger partial charge in [0.1, 0.15) is 17.7 Å². The lowest BCUT2D eigenvalue weighted by Crippen LogP contribution is -2.08. The van der Waals surface area contributed by atoms with Crippen molar-refractivity contribution in [2.24, 2.45) is 0 Å². The topological polar surface area (TPSA) is 9.23 Å². The Morgan fingerprint density at radius 3 is 2.11 bits per heavy atom. The van der Waals surface area contributed by atoms with Crippen molar-refractivity contribution in [1.29, 1.82) is 0 Å². The maximum absolute atomic E-state index is 14.4. The van der Waals surface area contributed by atoms with Crippen LogP contribution in [0.1, 0.15) is 55.4 Å². The lowest BCUT2D eigenvalue weighted by molar-refractivity contribution is 0.118. The zero-order valence-corrected chi connectivity index (χ0v) is 15.1. The van der Waals surface area contributed by atoms with Gasteiger partial charge in [0.2, 0.25) is 0 Å². The van der Waals surface area contributed by atoms with Crippen molar-refractivity contribution >= 4 is 0 Å². The Morgan fingerprint density at radius 1 is 0.929 bits per heavy atom. The molecule has 146 valence electrons. The number of hydrogen-bond donors (Lipinski definition) is 0. The van der Waals surface area contributed by atoms with Crippen molar-refractivity contribution in [2.75, 3.05) is 0 Å². The minimum atomic E-state index is -1.63. The van der Waals surface area contributed by atoms with Crippen molar-refractivity contribution in [1.82, 2.24) is 0 Å². The van der Waals surface area contributed by atoms with Gasteiger partial charge in [-0.25, -0.2) is 22.0 Å². The highest BCUT2D eigenvalue weighted by Crippen LogP contribution is 2.32. The smallest absolute Gasteiger partial charge is 0.194 e. The van der Waals surface area contributed by atoms with E-state index in [4.69, 9.17) is 4.74 Å². The number of rotatable bonds is 3. The molecule has 0 aliphatic carbocycles. The highest BCUT2D eigenvalue weighted by atomic mass is 19.2. The van der Waals surface area contributed by atoms with E-state index in [0.717, 1.165) is 31.4 Å². The molecule has 3 rings (SSSR count). The van der Waals surface area contributed by atoms with Crippen LogP contribution in [0.2, 0.25) is 0 Å². The van der Waals surface area contributed by atoms with Gasteiger partial charge in [0, 0.05) is 5.56 Å². The summed E-state index contributed by atoms with van der Waals surface area (Å²) in [5.74, 6) is -1.82. The molecule has 0 amide bonds. The van der Waals surface area contributed by atoms with Gasteiger partial charge in [0.25, 0.3) is 0 Å². The summed E-state index contributed by atoms with van der Waals surface area (Å²) in [7, 11) is 0. The van der Waals surface area contributed by atoms with Crippen molar-refractivity contribution in [2.45, 2.75) is 38.7 Å². The highest BCUT2D eigenvalue weighted by molar-refractivity contribution is 5.45. The van der Waals surface area contributed by atoms with Crippen molar-refractivity contribution in [3.05, 3.63) is 81.9 Å². The van der Waals surface area contributed by atoms with Crippen LogP contribution in [0.15, 0.2) is 36.1 Å². The molecule has 0 radical (unpaired) electrons. The standard InChI is InChI=1S/C22H17F5O/c1-2-3-13-5-7-21(28-12-13)15-10-17(23)16(18(24)11-15)6-4-14-8-19(25)22(27)20(26)9-14/h8-12,21H,2-3,5,7H2,1H3. The number of benzene rings is 2. The summed E-state index contributed by atoms with van der Waals surface area (Å²) in [6, 6.07) is 3.60. The van der Waals surface area contributed by atoms with E-state index in [2.05, 4.69) is 18.8 Å². The lowest BCUT2D eigenvalue weighted by Gasteiger charge is -2.23. The molecule has 0 fully saturated rings. The molecule has 2 aromatic carbocycles. The van der Waals surface area contributed by atoms with Crippen LogP contribution in [0.4, 0.5) is 22.0 Å². The minimum Gasteiger partial charge on any atom is -0.493 e. The van der Waals surface area contributed by atoms with Crippen LogP contribution in [0.5, 0.6) is 0 Å². The van der Waals surface area contributed by atoms with Gasteiger partial charge >= 0.3 is 0 Å². The predicted octanol–water partition coefficient (Wildman–Crippen LogP) is 6.32. The Morgan fingerprint density at radius 2 is 1.57 bits per heavy atom. The molecule has 0 saturated carbocycles. The molecule has 0 saturated heterocycles. The van der Waals surface area contributed by atoms with E-state index in [1.165, 1.54) is 5.57 Å². The summed E-state index contributed by atoms with van der Waals surface area (Å²) in [6.07, 6.45) is 4.53. The van der Waals surface area contributed by atoms with Crippen LogP contribution in [0, 0.1) is 40.9 Å². The first-order valence-electron chi connectivity index (χ1n) is 8.88. The summed E-state index contributed by atoms with van der Waals surface area (Å²) in [5, 5.41) is 0. The summed E-state index contributed by atoms with van der Waals surface area (Å²) >= 11 is 0. The first-order chi connectivity index (χ1) is 13.4. The van der Waals surface area contributed by atoms with Crippen LogP contribution in [-0.2, 0) is 4.74 Å². The first kappa shape index (κ1) is 19.9. The van der Waals surface area contributed by atoms with Gasteiger partial charge in [0.05, 0.1) is 11.8 Å². The first-order valence-corrected chi connectivity index (χ1v) is 8.88. The third-order valence-corrected chi connectivity index (χ3v) is 4.45. The molecule has 1 nitrogen and oxygen atoms in total. The van der Waals surface area contributed by atoms with E-state index in [9.17, 15) is 22.0 Å². The van der Waals surface area contributed by atoms with Gasteiger partial charge < -0.3 is 4.74 Å². The highest BCUT2D eigenvalue weighted by Gasteiger charge is 2.20. The van der Waals surface area contributed by atoms with E-state index in [1.807, 2.05) is 0 Å². The molecule has 1 aliphatic rings. The second-order valence-corrected chi connectivity index (χ2v) is 6.55. The van der Waals surface area contributed by atoms with Crippen LogP contribution < -0.4 is 0 Å². The zero-order chi connectivity index (χ0) is 20.3. The Bertz CT molecular complexity index is 938. The van der Waals surface area contributed by atoms with E-state index < -0.39 is 40.8 Å². The van der Waals surface area contributed by atoms with Crippen LogP contribution in [0.25, 0.3) is 0 Å². The number of halogens is 5. The molecule has 0 N–H and O–H groups in total. The molecule has 0 bridgehead atoms. The van der Waals surface area contributed by atoms with Gasteiger partial charge in [-0.15, -0.1) is 0 Å². The molecule has 6 heteroatoms. The zero-order valence-electron chi connectivity index (χ0n) is 15.1. The minimum absolute atomic E-state index is 0.233. The average molecular weight is 392 g/mol. The van der Waals surface area contributed by atoms with Crippen molar-refractivity contribution in [3.63, 3.8) is 0 Å². The maximum atomic E-state index is 14.4. The molecule has 0 aromatic heterocycles. The third kappa shape index (κ3) is 4.36. The van der Waals surface area contributed by atoms with Crippen LogP contribution in [-0.4, -0.2) is 0 Å². The number of ether oxygens (including phenoxy) is 1. The van der Waals surface area contributed by atoms with E-state index >= 15 is 0 Å². The lowest BCUT2D eigenvalue weighted by atomic mass is 9.96. The van der Waals surface area contributed by atoms with Crippen LogP contribution >= 0.6 is 0 Å². The molecule has 0 spiro atoms. The van der Waals surface area contributed by atoms with Gasteiger partial charge in [-0.2, -0.15) is 0 Å². The molecule has 28 heavy (non-hydrogen) atoms. The quantitative estimate of drug-likeness (QED) is 0.338. The van der Waals surface area contributed by atoms with E-state index in [-0.39, 0.29) is 5.56 Å². The summed E-state index contributed by atoms with van der Waals surface area (Å²) in [6.45, 7) is 2.06. The molecular formula is C22H17F5O. The Balaban J connectivity index is 1.84. The van der Waals surface area contributed by atoms with Gasteiger partial charge in [-0.05, 0) is 54.7 Å². The molecule has 1 atom stereocenters. The molecule has 2 aromatic rings. The van der Waals surface area contributed by atoms with Crippen molar-refractivity contribution in [3.8, 4) is 11.8 Å². The van der Waals surface area contributed by atoms with Gasteiger partial charge in [-0.3, -0.25) is 0 Å². The fourth-order valence-electron chi connectivity index (χ4n) is 3.03. The second kappa shape index (κ2) is 8.47. The van der Waals surface area contributed by atoms with E-state index in [1.54, 1.807) is 6.26 Å². The van der Waals surface area contributed by atoms with Gasteiger partial charge in [0.15, 0.2) is 17.5 Å². The average Bonchev–Trinajstić information content (AvgIpc) is 2.66. The van der Waals surface area contributed by atoms with E-state index in [0.29, 0.717) is 24.1 Å². The fourth-order valence-corrected chi connectivity index (χ4v) is 3.03. The largest absolute Gasteiger partial charge is 0.493 e. The molecule has 1 aliphatic heterocycles. The molecule has 1 unspecified atom stereocenters. The SMILES string of the molecule is CCCC1=COC(c2cc(F)c(C#Cc3cc(F)c(F)c(F)c3)c(F)c2)CC1. The molecular weight excluding hydrogens is 375 g/mol. The summed E-state index contributed by atoms with van der Waals surface area (Å²) in [4.78, 5) is 0.